The van der Waals surface area contributed by atoms with Gasteiger partial charge >= 0.3 is 0 Å². The Kier molecular flexibility index (Phi) is 6.55. The normalized spacial score (nSPS) is 11.8. The highest BCUT2D eigenvalue weighted by Gasteiger charge is 2.22. The third-order valence-corrected chi connectivity index (χ3v) is 10.8. The number of aromatic nitrogens is 1. The number of nitrogens with zero attached hydrogens (tertiary/aromatic N) is 2. The molecule has 0 bridgehead atoms. The van der Waals surface area contributed by atoms with Gasteiger partial charge in [-0.15, -0.1) is 0 Å². The lowest BCUT2D eigenvalue weighted by Crippen LogP contribution is -2.11. The second-order valence-corrected chi connectivity index (χ2v) is 13.7. The van der Waals surface area contributed by atoms with Crippen LogP contribution in [0.25, 0.3) is 82.1 Å². The Labute approximate surface area is 306 Å². The van der Waals surface area contributed by atoms with Crippen LogP contribution in [0.4, 0.5) is 17.1 Å². The maximum Gasteiger partial charge on any atom is 0.143 e. The maximum absolute atomic E-state index is 6.73. The van der Waals surface area contributed by atoms with E-state index >= 15 is 0 Å². The minimum absolute atomic E-state index is 0.913. The molecule has 248 valence electrons. The summed E-state index contributed by atoms with van der Waals surface area (Å²) in [7, 11) is 0. The summed E-state index contributed by atoms with van der Waals surface area (Å²) in [5, 5.41) is 9.41. The largest absolute Gasteiger partial charge is 0.455 e. The smallest absolute Gasteiger partial charge is 0.143 e. The van der Waals surface area contributed by atoms with E-state index in [1.54, 1.807) is 0 Å². The first-order chi connectivity index (χ1) is 26.3. The summed E-state index contributed by atoms with van der Waals surface area (Å²) in [4.78, 5) is 2.43. The first-order valence-electron chi connectivity index (χ1n) is 18.1. The van der Waals surface area contributed by atoms with Gasteiger partial charge in [0.2, 0.25) is 0 Å². The zero-order valence-corrected chi connectivity index (χ0v) is 28.8. The van der Waals surface area contributed by atoms with Crippen LogP contribution in [0.1, 0.15) is 0 Å². The predicted octanol–water partition coefficient (Wildman–Crippen LogP) is 14.1. The van der Waals surface area contributed by atoms with Gasteiger partial charge in [0.1, 0.15) is 11.2 Å². The molecule has 0 spiro atoms. The fourth-order valence-electron chi connectivity index (χ4n) is 8.40. The van der Waals surface area contributed by atoms with Crippen molar-refractivity contribution < 1.29 is 4.42 Å². The Balaban J connectivity index is 1.14. The summed E-state index contributed by atoms with van der Waals surface area (Å²) in [6, 6.07) is 69.7. The summed E-state index contributed by atoms with van der Waals surface area (Å²) in [6.45, 7) is 0. The number of rotatable bonds is 5. The molecule has 0 aliphatic heterocycles. The van der Waals surface area contributed by atoms with Crippen LogP contribution in [0.2, 0.25) is 0 Å². The molecule has 0 unspecified atom stereocenters. The molecule has 0 saturated heterocycles. The Bertz CT molecular complexity index is 3160. The van der Waals surface area contributed by atoms with Crippen molar-refractivity contribution in [3.05, 3.63) is 194 Å². The van der Waals surface area contributed by atoms with E-state index in [0.29, 0.717) is 0 Å². The van der Waals surface area contributed by atoms with Gasteiger partial charge in [0.25, 0.3) is 0 Å². The van der Waals surface area contributed by atoms with Crippen LogP contribution < -0.4 is 4.90 Å². The van der Waals surface area contributed by atoms with Crippen LogP contribution in [-0.2, 0) is 0 Å². The summed E-state index contributed by atoms with van der Waals surface area (Å²) >= 11 is 0. The van der Waals surface area contributed by atoms with E-state index in [0.717, 1.165) is 61.2 Å². The fraction of sp³-hybridized carbons (Fsp3) is 0. The van der Waals surface area contributed by atoms with Gasteiger partial charge in [0.15, 0.2) is 0 Å². The van der Waals surface area contributed by atoms with Crippen LogP contribution in [-0.4, -0.2) is 4.57 Å². The lowest BCUT2D eigenvalue weighted by molar-refractivity contribution is 0.674. The number of hydrogen-bond acceptors (Lipinski definition) is 2. The molecule has 2 heterocycles. The van der Waals surface area contributed by atoms with Gasteiger partial charge < -0.3 is 13.9 Å². The van der Waals surface area contributed by atoms with Crippen molar-refractivity contribution in [3.8, 4) is 16.8 Å². The molecule has 53 heavy (non-hydrogen) atoms. The first kappa shape index (κ1) is 29.6. The summed E-state index contributed by atoms with van der Waals surface area (Å²) in [5.74, 6) is 0. The predicted molar refractivity (Wildman–Crippen MR) is 223 cm³/mol. The van der Waals surface area contributed by atoms with Crippen LogP contribution in [0.5, 0.6) is 0 Å². The van der Waals surface area contributed by atoms with E-state index in [1.807, 2.05) is 0 Å². The van der Waals surface area contributed by atoms with Gasteiger partial charge in [-0.1, -0.05) is 140 Å². The van der Waals surface area contributed by atoms with E-state index in [-0.39, 0.29) is 0 Å². The molecular weight excluding hydrogens is 645 g/mol. The topological polar surface area (TPSA) is 21.3 Å². The second-order valence-electron chi connectivity index (χ2n) is 13.7. The van der Waals surface area contributed by atoms with Crippen molar-refractivity contribution in [1.82, 2.24) is 4.57 Å². The molecule has 11 aromatic rings. The van der Waals surface area contributed by atoms with E-state index in [1.165, 1.54) is 38.0 Å². The minimum Gasteiger partial charge on any atom is -0.455 e. The average molecular weight is 677 g/mol. The van der Waals surface area contributed by atoms with Crippen molar-refractivity contribution in [2.24, 2.45) is 0 Å². The first-order valence-corrected chi connectivity index (χ1v) is 18.1. The van der Waals surface area contributed by atoms with Crippen LogP contribution >= 0.6 is 0 Å². The molecular formula is C50H32N2O. The molecule has 11 rings (SSSR count). The summed E-state index contributed by atoms with van der Waals surface area (Å²) in [6.07, 6.45) is 0. The van der Waals surface area contributed by atoms with Gasteiger partial charge in [0.05, 0.1) is 22.4 Å². The van der Waals surface area contributed by atoms with Gasteiger partial charge in [0, 0.05) is 49.3 Å². The molecule has 3 heteroatoms. The standard InChI is InChI=1S/C50H32N2O/c1-2-16-36(17-3-1)51-45-23-9-8-20-43(45)48-46(51)25-12-26-47(48)52(44-24-10-15-33-13-4-6-18-38(33)44)37-30-27-35(28-31-37)40-21-11-22-41-42-32-29-34-14-5-7-19-39(34)50(42)53-49(40)41/h1-32H. The Morgan fingerprint density at radius 3 is 1.83 bits per heavy atom. The number of fused-ring (bicyclic) bond motifs is 9. The number of benzene rings is 9. The van der Waals surface area contributed by atoms with E-state index < -0.39 is 0 Å². The van der Waals surface area contributed by atoms with Crippen molar-refractivity contribution >= 4 is 82.4 Å². The van der Waals surface area contributed by atoms with Crippen LogP contribution in [0.3, 0.4) is 0 Å². The zero-order chi connectivity index (χ0) is 34.9. The van der Waals surface area contributed by atoms with Crippen molar-refractivity contribution in [2.75, 3.05) is 4.90 Å². The van der Waals surface area contributed by atoms with Gasteiger partial charge in [-0.2, -0.15) is 0 Å². The molecule has 0 radical (unpaired) electrons. The lowest BCUT2D eigenvalue weighted by Gasteiger charge is -2.28. The second kappa shape index (κ2) is 11.7. The van der Waals surface area contributed by atoms with E-state index in [2.05, 4.69) is 204 Å². The molecule has 0 saturated carbocycles. The fourth-order valence-corrected chi connectivity index (χ4v) is 8.40. The maximum atomic E-state index is 6.73. The molecule has 2 aromatic heterocycles. The van der Waals surface area contributed by atoms with Crippen LogP contribution in [0, 0.1) is 0 Å². The Morgan fingerprint density at radius 2 is 0.981 bits per heavy atom. The number of para-hydroxylation sites is 3. The van der Waals surface area contributed by atoms with E-state index in [9.17, 15) is 0 Å². The third kappa shape index (κ3) is 4.54. The molecule has 0 aliphatic rings. The number of hydrogen-bond donors (Lipinski definition) is 0. The summed E-state index contributed by atoms with van der Waals surface area (Å²) < 4.78 is 9.12. The zero-order valence-electron chi connectivity index (χ0n) is 28.8. The average Bonchev–Trinajstić information content (AvgIpc) is 3.79. The third-order valence-electron chi connectivity index (χ3n) is 10.8. The number of anilines is 3. The van der Waals surface area contributed by atoms with Gasteiger partial charge in [-0.25, -0.2) is 0 Å². The van der Waals surface area contributed by atoms with Crippen LogP contribution in [0.15, 0.2) is 199 Å². The molecule has 0 atom stereocenters. The minimum atomic E-state index is 0.913. The lowest BCUT2D eigenvalue weighted by atomic mass is 10.0. The van der Waals surface area contributed by atoms with Gasteiger partial charge in [-0.3, -0.25) is 0 Å². The molecule has 0 fully saturated rings. The van der Waals surface area contributed by atoms with Crippen molar-refractivity contribution in [1.29, 1.82) is 0 Å². The Morgan fingerprint density at radius 1 is 0.377 bits per heavy atom. The molecule has 0 N–H and O–H groups in total. The number of furan rings is 1. The highest BCUT2D eigenvalue weighted by molar-refractivity contribution is 6.19. The highest BCUT2D eigenvalue weighted by atomic mass is 16.3. The molecule has 0 amide bonds. The van der Waals surface area contributed by atoms with E-state index in [4.69, 9.17) is 4.42 Å². The quantitative estimate of drug-likeness (QED) is 0.181. The van der Waals surface area contributed by atoms with Crippen molar-refractivity contribution in [2.45, 2.75) is 0 Å². The Hall–Kier alpha value is -7.10. The monoisotopic (exact) mass is 676 g/mol. The van der Waals surface area contributed by atoms with Gasteiger partial charge in [-0.05, 0) is 70.9 Å². The SMILES string of the molecule is c1ccc(-n2c3ccccc3c3c(N(c4ccc(-c5cccc6c5oc5c7ccccc7ccc65)cc4)c4cccc5ccccc45)cccc32)cc1. The highest BCUT2D eigenvalue weighted by Crippen LogP contribution is 2.46. The molecule has 9 aromatic carbocycles. The van der Waals surface area contributed by atoms with Crippen molar-refractivity contribution in [3.63, 3.8) is 0 Å². The summed E-state index contributed by atoms with van der Waals surface area (Å²) in [5.41, 5.74) is 10.9. The molecule has 3 nitrogen and oxygen atoms in total. The molecule has 0 aliphatic carbocycles.